The zero-order valence-electron chi connectivity index (χ0n) is 17.8. The van der Waals surface area contributed by atoms with E-state index in [1.165, 1.54) is 0 Å². The van der Waals surface area contributed by atoms with E-state index in [0.29, 0.717) is 5.56 Å². The minimum Gasteiger partial charge on any atom is -0.289 e. The van der Waals surface area contributed by atoms with Crippen molar-refractivity contribution in [2.75, 3.05) is 0 Å². The summed E-state index contributed by atoms with van der Waals surface area (Å²) in [5, 5.41) is 0. The van der Waals surface area contributed by atoms with E-state index in [2.05, 4.69) is 38.1 Å². The maximum absolute atomic E-state index is 12.6. The molecule has 2 nitrogen and oxygen atoms in total. The number of rotatable bonds is 6. The molecule has 0 atom stereocenters. The van der Waals surface area contributed by atoms with E-state index >= 15 is 0 Å². The molecular weight excluding hydrogens is 380 g/mol. The summed E-state index contributed by atoms with van der Waals surface area (Å²) >= 11 is 0. The molecule has 3 aromatic carbocycles. The lowest BCUT2D eigenvalue weighted by Crippen LogP contribution is -2.14. The molecule has 0 saturated heterocycles. The largest absolute Gasteiger partial charge is 0.360 e. The van der Waals surface area contributed by atoms with Gasteiger partial charge in [0.2, 0.25) is 0 Å². The van der Waals surface area contributed by atoms with Gasteiger partial charge in [-0.25, -0.2) is 4.42 Å². The highest BCUT2D eigenvalue weighted by molar-refractivity contribution is 6.04. The van der Waals surface area contributed by atoms with Crippen molar-refractivity contribution in [3.8, 4) is 22.5 Å². The van der Waals surface area contributed by atoms with E-state index in [0.717, 1.165) is 28.2 Å². The smallest absolute Gasteiger partial charge is 0.289 e. The third-order valence-electron chi connectivity index (χ3n) is 5.30. The Balaban J connectivity index is 1.75. The van der Waals surface area contributed by atoms with Crippen LogP contribution in [-0.4, -0.2) is 5.78 Å². The number of hydrogen-bond donors (Lipinski definition) is 0. The molecule has 0 spiro atoms. The Morgan fingerprint density at radius 3 is 1.87 bits per heavy atom. The summed E-state index contributed by atoms with van der Waals surface area (Å²) in [4.78, 5) is 12.6. The van der Waals surface area contributed by atoms with Crippen LogP contribution in [0.2, 0.25) is 0 Å². The van der Waals surface area contributed by atoms with E-state index < -0.39 is 5.41 Å². The van der Waals surface area contributed by atoms with Gasteiger partial charge in [-0.1, -0.05) is 84.9 Å². The average molecular weight is 406 g/mol. The minimum atomic E-state index is -0.473. The van der Waals surface area contributed by atoms with Gasteiger partial charge in [0.15, 0.2) is 5.78 Å². The number of allylic oxidation sites excluding steroid dienone is 2. The molecule has 0 aliphatic rings. The quantitative estimate of drug-likeness (QED) is 0.188. The van der Waals surface area contributed by atoms with Crippen LogP contribution >= 0.6 is 0 Å². The van der Waals surface area contributed by atoms with Crippen LogP contribution in [0.1, 0.15) is 30.0 Å². The number of carbonyl (C=O) groups is 1. The van der Waals surface area contributed by atoms with Crippen LogP contribution in [0, 0.1) is 0 Å². The molecule has 152 valence electrons. The molecule has 0 radical (unpaired) electrons. The second kappa shape index (κ2) is 8.93. The van der Waals surface area contributed by atoms with Crippen molar-refractivity contribution in [3.63, 3.8) is 0 Å². The third-order valence-corrected chi connectivity index (χ3v) is 5.30. The van der Waals surface area contributed by atoms with Crippen molar-refractivity contribution in [2.45, 2.75) is 19.3 Å². The second-order valence-corrected chi connectivity index (χ2v) is 8.09. The summed E-state index contributed by atoms with van der Waals surface area (Å²) < 4.78 is 6.37. The van der Waals surface area contributed by atoms with Crippen LogP contribution in [0.15, 0.2) is 120 Å². The molecule has 1 aromatic heterocycles. The zero-order chi connectivity index (χ0) is 21.7. The van der Waals surface area contributed by atoms with Crippen molar-refractivity contribution >= 4 is 5.78 Å². The maximum atomic E-state index is 12.6. The predicted molar refractivity (Wildman–Crippen MR) is 127 cm³/mol. The van der Waals surface area contributed by atoms with Crippen molar-refractivity contribution in [2.24, 2.45) is 0 Å². The second-order valence-electron chi connectivity index (χ2n) is 8.09. The van der Waals surface area contributed by atoms with Gasteiger partial charge < -0.3 is 0 Å². The summed E-state index contributed by atoms with van der Waals surface area (Å²) in [6.07, 6.45) is 3.56. The molecule has 0 unspecified atom stereocenters. The van der Waals surface area contributed by atoms with Crippen LogP contribution in [0.25, 0.3) is 22.5 Å². The Kier molecular flexibility index (Phi) is 5.90. The molecule has 0 amide bonds. The van der Waals surface area contributed by atoms with Gasteiger partial charge >= 0.3 is 11.5 Å². The number of benzene rings is 3. The summed E-state index contributed by atoms with van der Waals surface area (Å²) in [5.74, 6) is 1.58. The zero-order valence-corrected chi connectivity index (χ0v) is 17.8. The summed E-state index contributed by atoms with van der Waals surface area (Å²) in [6, 6.07) is 33.8. The number of ketones is 1. The fourth-order valence-corrected chi connectivity index (χ4v) is 3.43. The maximum Gasteiger partial charge on any atom is 0.360 e. The van der Waals surface area contributed by atoms with Crippen LogP contribution in [0.5, 0.6) is 0 Å². The Labute approximate surface area is 183 Å². The molecule has 0 aliphatic heterocycles. The van der Waals surface area contributed by atoms with Gasteiger partial charge in [-0.05, 0) is 37.6 Å². The fraction of sp³-hybridized carbons (Fsp3) is 0.103. The lowest BCUT2D eigenvalue weighted by Gasteiger charge is -2.13. The lowest BCUT2D eigenvalue weighted by molar-refractivity contribution is 0.104. The first-order valence-electron chi connectivity index (χ1n) is 10.4. The summed E-state index contributed by atoms with van der Waals surface area (Å²) in [5.41, 5.74) is 3.42. The molecule has 4 aromatic rings. The van der Waals surface area contributed by atoms with Gasteiger partial charge in [0, 0.05) is 17.2 Å². The van der Waals surface area contributed by atoms with Gasteiger partial charge in [-0.3, -0.25) is 4.79 Å². The van der Waals surface area contributed by atoms with Crippen molar-refractivity contribution < 1.29 is 9.21 Å². The van der Waals surface area contributed by atoms with Gasteiger partial charge in [0.1, 0.15) is 0 Å². The first-order chi connectivity index (χ1) is 15.0. The molecule has 2 heteroatoms. The lowest BCUT2D eigenvalue weighted by atomic mass is 9.87. The highest BCUT2D eigenvalue weighted by atomic mass is 16.3. The molecule has 0 saturated carbocycles. The van der Waals surface area contributed by atoms with Gasteiger partial charge in [-0.15, -0.1) is 0 Å². The first kappa shape index (κ1) is 20.5. The van der Waals surface area contributed by atoms with E-state index in [1.807, 2.05) is 84.9 Å². The summed E-state index contributed by atoms with van der Waals surface area (Å²) in [6.45, 7) is 4.12. The van der Waals surface area contributed by atoms with Gasteiger partial charge in [-0.2, -0.15) is 0 Å². The normalized spacial score (nSPS) is 11.5. The highest BCUT2D eigenvalue weighted by Crippen LogP contribution is 2.34. The van der Waals surface area contributed by atoms with Crippen LogP contribution in [-0.2, 0) is 5.41 Å². The Hall–Kier alpha value is -3.78. The van der Waals surface area contributed by atoms with Crippen molar-refractivity contribution in [1.29, 1.82) is 0 Å². The van der Waals surface area contributed by atoms with Crippen molar-refractivity contribution in [1.82, 2.24) is 0 Å². The Morgan fingerprint density at radius 1 is 0.710 bits per heavy atom. The highest BCUT2D eigenvalue weighted by Gasteiger charge is 2.32. The predicted octanol–water partition coefficient (Wildman–Crippen LogP) is 7.61. The van der Waals surface area contributed by atoms with Gasteiger partial charge in [0.25, 0.3) is 0 Å². The number of hydrogen-bond acceptors (Lipinski definition) is 1. The monoisotopic (exact) mass is 405 g/mol. The van der Waals surface area contributed by atoms with E-state index in [4.69, 9.17) is 4.42 Å². The van der Waals surface area contributed by atoms with Gasteiger partial charge in [0.05, 0.1) is 17.0 Å². The molecule has 0 fully saturated rings. The topological polar surface area (TPSA) is 28.4 Å². The SMILES string of the molecule is CC(C)(/C=C/C(=O)c1ccccc1)c1cc(-c2ccccc2)cc(-c2ccccc2)[o+]1. The van der Waals surface area contributed by atoms with E-state index in [-0.39, 0.29) is 5.78 Å². The van der Waals surface area contributed by atoms with Crippen LogP contribution in [0.3, 0.4) is 0 Å². The molecule has 1 heterocycles. The Bertz CT molecular complexity index is 1130. The van der Waals surface area contributed by atoms with E-state index in [1.54, 1.807) is 6.08 Å². The molecule has 0 N–H and O–H groups in total. The van der Waals surface area contributed by atoms with Crippen LogP contribution in [0.4, 0.5) is 0 Å². The van der Waals surface area contributed by atoms with E-state index in [9.17, 15) is 4.79 Å². The molecule has 0 bridgehead atoms. The molecule has 31 heavy (non-hydrogen) atoms. The third kappa shape index (κ3) is 4.87. The molecule has 4 rings (SSSR count). The number of carbonyl (C=O) groups excluding carboxylic acids is 1. The summed E-state index contributed by atoms with van der Waals surface area (Å²) in [7, 11) is 0. The Morgan fingerprint density at radius 2 is 1.26 bits per heavy atom. The first-order valence-corrected chi connectivity index (χ1v) is 10.4. The molecular formula is C29H25O2+. The van der Waals surface area contributed by atoms with Crippen molar-refractivity contribution in [3.05, 3.63) is 127 Å². The standard InChI is InChI=1S/C29H25O2/c1-29(2,19-18-26(30)23-14-8-4-9-15-23)28-21-25(22-12-6-3-7-13-22)20-27(31-28)24-16-10-5-11-17-24/h3-21H,1-2H3/q+1/b19-18+. The minimum absolute atomic E-state index is 0.0174. The fourth-order valence-electron chi connectivity index (χ4n) is 3.43. The van der Waals surface area contributed by atoms with Crippen LogP contribution < -0.4 is 0 Å². The average Bonchev–Trinajstić information content (AvgIpc) is 2.84. The molecule has 0 aliphatic carbocycles.